The highest BCUT2D eigenvalue weighted by Crippen LogP contribution is 2.21. The van der Waals surface area contributed by atoms with Crippen molar-refractivity contribution in [3.05, 3.63) is 65.0 Å². The lowest BCUT2D eigenvalue weighted by atomic mass is 10.0. The van der Waals surface area contributed by atoms with Crippen molar-refractivity contribution in [2.75, 3.05) is 5.75 Å². The van der Waals surface area contributed by atoms with Gasteiger partial charge in [-0.3, -0.25) is 4.79 Å². The van der Waals surface area contributed by atoms with Gasteiger partial charge in [0.05, 0.1) is 5.75 Å². The van der Waals surface area contributed by atoms with Crippen molar-refractivity contribution in [3.8, 4) is 0 Å². The molecule has 2 aromatic carbocycles. The normalized spacial score (nSPS) is 10.5. The maximum Gasteiger partial charge on any atom is 0.173 e. The van der Waals surface area contributed by atoms with Crippen LogP contribution >= 0.6 is 11.8 Å². The zero-order valence-electron chi connectivity index (χ0n) is 10.9. The topological polar surface area (TPSA) is 17.1 Å². The molecule has 2 rings (SSSR count). The molecule has 3 heteroatoms. The van der Waals surface area contributed by atoms with Crippen LogP contribution in [0.15, 0.2) is 47.4 Å². The number of Topliss-reactive ketones (excluding diaryl/α,β-unsaturated/α-hetero) is 1. The van der Waals surface area contributed by atoms with Crippen LogP contribution in [0.4, 0.5) is 4.39 Å². The molecule has 0 amide bonds. The van der Waals surface area contributed by atoms with Gasteiger partial charge in [-0.2, -0.15) is 0 Å². The molecule has 0 bridgehead atoms. The van der Waals surface area contributed by atoms with Crippen LogP contribution in [-0.2, 0) is 0 Å². The molecule has 0 N–H and O–H groups in total. The maximum atomic E-state index is 13.0. The number of aryl methyl sites for hydroxylation is 2. The van der Waals surface area contributed by atoms with Crippen molar-refractivity contribution in [3.63, 3.8) is 0 Å². The van der Waals surface area contributed by atoms with Gasteiger partial charge < -0.3 is 0 Å². The third-order valence-corrected chi connectivity index (χ3v) is 3.85. The summed E-state index contributed by atoms with van der Waals surface area (Å²) >= 11 is 1.36. The number of benzene rings is 2. The van der Waals surface area contributed by atoms with Crippen molar-refractivity contribution in [2.24, 2.45) is 0 Å². The number of thioether (sulfide) groups is 1. The van der Waals surface area contributed by atoms with E-state index in [0.29, 0.717) is 5.75 Å². The summed E-state index contributed by atoms with van der Waals surface area (Å²) < 4.78 is 13.0. The van der Waals surface area contributed by atoms with Crippen LogP contribution < -0.4 is 0 Å². The third-order valence-electron chi connectivity index (χ3n) is 2.86. The molecular weight excluding hydrogens is 259 g/mol. The average Bonchev–Trinajstić information content (AvgIpc) is 2.39. The summed E-state index contributed by atoms with van der Waals surface area (Å²) in [4.78, 5) is 12.9. The van der Waals surface area contributed by atoms with Crippen LogP contribution in [0.5, 0.6) is 0 Å². The van der Waals surface area contributed by atoms with Crippen LogP contribution in [-0.4, -0.2) is 11.5 Å². The van der Waals surface area contributed by atoms with Crippen LogP contribution in [0.25, 0.3) is 0 Å². The fraction of sp³-hybridized carbons (Fsp3) is 0.188. The zero-order chi connectivity index (χ0) is 13.8. The third kappa shape index (κ3) is 3.67. The van der Waals surface area contributed by atoms with E-state index in [-0.39, 0.29) is 11.6 Å². The van der Waals surface area contributed by atoms with Crippen LogP contribution in [0.3, 0.4) is 0 Å². The Morgan fingerprint density at radius 1 is 1.16 bits per heavy atom. The molecule has 0 saturated carbocycles. The van der Waals surface area contributed by atoms with Gasteiger partial charge in [-0.15, -0.1) is 11.8 Å². The minimum atomic E-state index is -0.274. The largest absolute Gasteiger partial charge is 0.293 e. The lowest BCUT2D eigenvalue weighted by Gasteiger charge is -2.06. The van der Waals surface area contributed by atoms with Crippen molar-refractivity contribution >= 4 is 17.5 Å². The Balaban J connectivity index is 2.07. The summed E-state index contributed by atoms with van der Waals surface area (Å²) in [6, 6.07) is 12.2. The lowest BCUT2D eigenvalue weighted by Crippen LogP contribution is -2.05. The standard InChI is InChI=1S/C16H15FOS/c1-11-6-7-12(2)15(8-11)16(18)10-19-14-5-3-4-13(17)9-14/h3-9H,10H2,1-2H3. The molecule has 2 aromatic rings. The Bertz CT molecular complexity index is 607. The van der Waals surface area contributed by atoms with Crippen molar-refractivity contribution in [2.45, 2.75) is 18.7 Å². The second-order valence-electron chi connectivity index (χ2n) is 4.49. The summed E-state index contributed by atoms with van der Waals surface area (Å²) in [7, 11) is 0. The SMILES string of the molecule is Cc1ccc(C)c(C(=O)CSc2cccc(F)c2)c1. The second-order valence-corrected chi connectivity index (χ2v) is 5.54. The van der Waals surface area contributed by atoms with E-state index in [1.165, 1.54) is 23.9 Å². The highest BCUT2D eigenvalue weighted by Gasteiger charge is 2.10. The van der Waals surface area contributed by atoms with Gasteiger partial charge in [0.25, 0.3) is 0 Å². The summed E-state index contributed by atoms with van der Waals surface area (Å²) in [5.41, 5.74) is 2.81. The molecule has 0 aliphatic rings. The summed E-state index contributed by atoms with van der Waals surface area (Å²) in [6.45, 7) is 3.90. The van der Waals surface area contributed by atoms with Crippen molar-refractivity contribution < 1.29 is 9.18 Å². The highest BCUT2D eigenvalue weighted by molar-refractivity contribution is 8.00. The maximum absolute atomic E-state index is 13.0. The smallest absolute Gasteiger partial charge is 0.173 e. The number of ketones is 1. The molecule has 0 aromatic heterocycles. The Hall–Kier alpha value is -1.61. The van der Waals surface area contributed by atoms with E-state index in [9.17, 15) is 9.18 Å². The Labute approximate surface area is 116 Å². The van der Waals surface area contributed by atoms with Crippen LogP contribution in [0.2, 0.25) is 0 Å². The molecule has 0 saturated heterocycles. The monoisotopic (exact) mass is 274 g/mol. The van der Waals surface area contributed by atoms with E-state index in [1.807, 2.05) is 38.1 Å². The van der Waals surface area contributed by atoms with E-state index < -0.39 is 0 Å². The molecule has 19 heavy (non-hydrogen) atoms. The van der Waals surface area contributed by atoms with Gasteiger partial charge in [-0.1, -0.05) is 23.8 Å². The molecule has 0 heterocycles. The van der Waals surface area contributed by atoms with Gasteiger partial charge in [-0.05, 0) is 43.7 Å². The highest BCUT2D eigenvalue weighted by atomic mass is 32.2. The Morgan fingerprint density at radius 3 is 2.68 bits per heavy atom. The molecule has 0 atom stereocenters. The molecular formula is C16H15FOS. The zero-order valence-corrected chi connectivity index (χ0v) is 11.8. The fourth-order valence-electron chi connectivity index (χ4n) is 1.82. The summed E-state index contributed by atoms with van der Waals surface area (Å²) in [5, 5.41) is 0. The van der Waals surface area contributed by atoms with E-state index in [0.717, 1.165) is 21.6 Å². The van der Waals surface area contributed by atoms with Gasteiger partial charge in [0, 0.05) is 10.5 Å². The first kappa shape index (κ1) is 13.8. The van der Waals surface area contributed by atoms with Gasteiger partial charge in [0.2, 0.25) is 0 Å². The van der Waals surface area contributed by atoms with Crippen molar-refractivity contribution in [1.82, 2.24) is 0 Å². The second kappa shape index (κ2) is 6.02. The fourth-order valence-corrected chi connectivity index (χ4v) is 2.64. The van der Waals surface area contributed by atoms with Gasteiger partial charge in [0.15, 0.2) is 5.78 Å². The minimum Gasteiger partial charge on any atom is -0.293 e. The van der Waals surface area contributed by atoms with E-state index in [2.05, 4.69) is 0 Å². The molecule has 0 aliphatic carbocycles. The summed E-state index contributed by atoms with van der Waals surface area (Å²) in [6.07, 6.45) is 0. The first-order valence-electron chi connectivity index (χ1n) is 6.05. The van der Waals surface area contributed by atoms with Gasteiger partial charge >= 0.3 is 0 Å². The van der Waals surface area contributed by atoms with Crippen molar-refractivity contribution in [1.29, 1.82) is 0 Å². The van der Waals surface area contributed by atoms with E-state index in [4.69, 9.17) is 0 Å². The Morgan fingerprint density at radius 2 is 1.95 bits per heavy atom. The number of halogens is 1. The molecule has 0 unspecified atom stereocenters. The number of hydrogen-bond acceptors (Lipinski definition) is 2. The van der Waals surface area contributed by atoms with Crippen LogP contribution in [0, 0.1) is 19.7 Å². The number of hydrogen-bond donors (Lipinski definition) is 0. The predicted molar refractivity (Wildman–Crippen MR) is 77.4 cm³/mol. The van der Waals surface area contributed by atoms with E-state index >= 15 is 0 Å². The molecule has 0 radical (unpaired) electrons. The predicted octanol–water partition coefficient (Wildman–Crippen LogP) is 4.42. The quantitative estimate of drug-likeness (QED) is 0.606. The molecule has 1 nitrogen and oxygen atoms in total. The first-order valence-corrected chi connectivity index (χ1v) is 7.03. The average molecular weight is 274 g/mol. The summed E-state index contributed by atoms with van der Waals surface area (Å²) in [5.74, 6) is 0.132. The number of rotatable bonds is 4. The van der Waals surface area contributed by atoms with E-state index in [1.54, 1.807) is 6.07 Å². The molecule has 0 fully saturated rings. The number of carbonyl (C=O) groups excluding carboxylic acids is 1. The minimum absolute atomic E-state index is 0.0791. The lowest BCUT2D eigenvalue weighted by molar-refractivity contribution is 0.102. The first-order chi connectivity index (χ1) is 9.06. The molecule has 0 aliphatic heterocycles. The van der Waals surface area contributed by atoms with Gasteiger partial charge in [-0.25, -0.2) is 4.39 Å². The molecule has 0 spiro atoms. The molecule has 98 valence electrons. The van der Waals surface area contributed by atoms with Gasteiger partial charge in [0.1, 0.15) is 5.82 Å². The number of carbonyl (C=O) groups is 1. The Kier molecular flexibility index (Phi) is 4.38. The van der Waals surface area contributed by atoms with Crippen LogP contribution in [0.1, 0.15) is 21.5 Å².